The first-order valence-electron chi connectivity index (χ1n) is 5.57. The lowest BCUT2D eigenvalue weighted by molar-refractivity contribution is 0.102. The van der Waals surface area contributed by atoms with Crippen molar-refractivity contribution < 1.29 is 15.0 Å². The van der Waals surface area contributed by atoms with Gasteiger partial charge in [-0.15, -0.1) is 0 Å². The standard InChI is InChI=1S/C14H12BrNO3/c1-8-11(3-2-4-12(8)17)16-14(19)10-7-9(15)5-6-13(10)18/h2-7,17-18H,1H3,(H,16,19). The first-order chi connectivity index (χ1) is 8.99. The summed E-state index contributed by atoms with van der Waals surface area (Å²) in [4.78, 5) is 12.1. The quantitative estimate of drug-likeness (QED) is 0.793. The lowest BCUT2D eigenvalue weighted by atomic mass is 10.1. The van der Waals surface area contributed by atoms with Gasteiger partial charge in [0, 0.05) is 15.7 Å². The molecule has 1 amide bonds. The molecule has 0 fully saturated rings. The molecule has 0 unspecified atom stereocenters. The van der Waals surface area contributed by atoms with E-state index in [1.165, 1.54) is 12.1 Å². The lowest BCUT2D eigenvalue weighted by Gasteiger charge is -2.10. The Balaban J connectivity index is 2.31. The number of benzene rings is 2. The maximum atomic E-state index is 12.1. The lowest BCUT2D eigenvalue weighted by Crippen LogP contribution is -2.13. The maximum Gasteiger partial charge on any atom is 0.259 e. The summed E-state index contributed by atoms with van der Waals surface area (Å²) in [5.74, 6) is -0.428. The molecule has 2 rings (SSSR count). The van der Waals surface area contributed by atoms with Gasteiger partial charge in [-0.3, -0.25) is 4.79 Å². The monoisotopic (exact) mass is 321 g/mol. The number of carbonyl (C=O) groups excluding carboxylic acids is 1. The van der Waals surface area contributed by atoms with Crippen LogP contribution < -0.4 is 5.32 Å². The highest BCUT2D eigenvalue weighted by molar-refractivity contribution is 9.10. The van der Waals surface area contributed by atoms with E-state index in [1.54, 1.807) is 31.2 Å². The van der Waals surface area contributed by atoms with Gasteiger partial charge in [-0.2, -0.15) is 0 Å². The van der Waals surface area contributed by atoms with Gasteiger partial charge in [0.2, 0.25) is 0 Å². The van der Waals surface area contributed by atoms with E-state index >= 15 is 0 Å². The summed E-state index contributed by atoms with van der Waals surface area (Å²) in [6.45, 7) is 1.70. The Morgan fingerprint density at radius 3 is 2.63 bits per heavy atom. The van der Waals surface area contributed by atoms with Crippen LogP contribution in [0.25, 0.3) is 0 Å². The van der Waals surface area contributed by atoms with E-state index < -0.39 is 5.91 Å². The van der Waals surface area contributed by atoms with Crippen LogP contribution in [-0.2, 0) is 0 Å². The Labute approximate surface area is 118 Å². The molecule has 19 heavy (non-hydrogen) atoms. The highest BCUT2D eigenvalue weighted by Gasteiger charge is 2.13. The molecule has 0 aliphatic heterocycles. The van der Waals surface area contributed by atoms with Crippen LogP contribution in [0.4, 0.5) is 5.69 Å². The Morgan fingerprint density at radius 2 is 1.89 bits per heavy atom. The van der Waals surface area contributed by atoms with Gasteiger partial charge in [-0.05, 0) is 37.3 Å². The number of hydrogen-bond donors (Lipinski definition) is 3. The first-order valence-corrected chi connectivity index (χ1v) is 6.37. The minimum Gasteiger partial charge on any atom is -0.508 e. The van der Waals surface area contributed by atoms with Crippen LogP contribution in [0.15, 0.2) is 40.9 Å². The number of amides is 1. The maximum absolute atomic E-state index is 12.1. The molecule has 2 aromatic carbocycles. The minimum atomic E-state index is -0.437. The van der Waals surface area contributed by atoms with Crippen molar-refractivity contribution in [3.8, 4) is 11.5 Å². The van der Waals surface area contributed by atoms with Crippen LogP contribution in [-0.4, -0.2) is 16.1 Å². The number of anilines is 1. The van der Waals surface area contributed by atoms with E-state index in [0.717, 1.165) is 0 Å². The Bertz CT molecular complexity index is 641. The molecular weight excluding hydrogens is 310 g/mol. The third-order valence-corrected chi connectivity index (χ3v) is 3.25. The molecule has 0 aliphatic carbocycles. The topological polar surface area (TPSA) is 69.6 Å². The van der Waals surface area contributed by atoms with Crippen molar-refractivity contribution in [1.82, 2.24) is 0 Å². The van der Waals surface area contributed by atoms with Crippen molar-refractivity contribution in [2.24, 2.45) is 0 Å². The van der Waals surface area contributed by atoms with E-state index in [4.69, 9.17) is 0 Å². The van der Waals surface area contributed by atoms with Gasteiger partial charge in [0.1, 0.15) is 11.5 Å². The van der Waals surface area contributed by atoms with Gasteiger partial charge in [0.05, 0.1) is 5.56 Å². The molecule has 0 aromatic heterocycles. The second-order valence-electron chi connectivity index (χ2n) is 4.07. The predicted octanol–water partition coefficient (Wildman–Crippen LogP) is 3.42. The Kier molecular flexibility index (Phi) is 3.76. The summed E-state index contributed by atoms with van der Waals surface area (Å²) >= 11 is 3.25. The zero-order chi connectivity index (χ0) is 14.0. The van der Waals surface area contributed by atoms with E-state index in [0.29, 0.717) is 15.7 Å². The highest BCUT2D eigenvalue weighted by atomic mass is 79.9. The summed E-state index contributed by atoms with van der Waals surface area (Å²) in [5.41, 5.74) is 1.24. The largest absolute Gasteiger partial charge is 0.508 e. The molecule has 3 N–H and O–H groups in total. The zero-order valence-corrected chi connectivity index (χ0v) is 11.7. The number of phenolic OH excluding ortho intramolecular Hbond substituents is 2. The molecule has 0 bridgehead atoms. The minimum absolute atomic E-state index is 0.0986. The molecule has 0 saturated heterocycles. The number of phenols is 2. The molecule has 4 nitrogen and oxygen atoms in total. The molecule has 5 heteroatoms. The molecule has 0 spiro atoms. The van der Waals surface area contributed by atoms with Crippen molar-refractivity contribution in [3.63, 3.8) is 0 Å². The molecule has 98 valence electrons. The second kappa shape index (κ2) is 5.32. The molecule has 0 aliphatic rings. The van der Waals surface area contributed by atoms with Gasteiger partial charge in [-0.25, -0.2) is 0 Å². The summed E-state index contributed by atoms with van der Waals surface area (Å²) in [6, 6.07) is 9.48. The summed E-state index contributed by atoms with van der Waals surface area (Å²) in [6.07, 6.45) is 0. The number of halogens is 1. The smallest absolute Gasteiger partial charge is 0.259 e. The summed E-state index contributed by atoms with van der Waals surface area (Å²) < 4.78 is 0.697. The number of carbonyl (C=O) groups is 1. The number of nitrogens with one attached hydrogen (secondary N) is 1. The average Bonchev–Trinajstić information content (AvgIpc) is 2.38. The van der Waals surface area contributed by atoms with Crippen LogP contribution in [0.3, 0.4) is 0 Å². The Morgan fingerprint density at radius 1 is 1.16 bits per heavy atom. The zero-order valence-electron chi connectivity index (χ0n) is 10.1. The average molecular weight is 322 g/mol. The van der Waals surface area contributed by atoms with E-state index in [-0.39, 0.29) is 17.1 Å². The third kappa shape index (κ3) is 2.88. The second-order valence-corrected chi connectivity index (χ2v) is 4.98. The number of rotatable bonds is 2. The molecular formula is C14H12BrNO3. The fourth-order valence-corrected chi connectivity index (χ4v) is 2.00. The summed E-state index contributed by atoms with van der Waals surface area (Å²) in [7, 11) is 0. The fourth-order valence-electron chi connectivity index (χ4n) is 1.64. The number of hydrogen-bond acceptors (Lipinski definition) is 3. The van der Waals surface area contributed by atoms with Crippen LogP contribution >= 0.6 is 15.9 Å². The SMILES string of the molecule is Cc1c(O)cccc1NC(=O)c1cc(Br)ccc1O. The molecule has 0 radical (unpaired) electrons. The molecule has 2 aromatic rings. The van der Waals surface area contributed by atoms with Crippen LogP contribution in [0.5, 0.6) is 11.5 Å². The normalized spacial score (nSPS) is 10.2. The number of aromatic hydroxyl groups is 2. The summed E-state index contributed by atoms with van der Waals surface area (Å²) in [5, 5.41) is 21.9. The van der Waals surface area contributed by atoms with Crippen molar-refractivity contribution in [2.75, 3.05) is 5.32 Å². The highest BCUT2D eigenvalue weighted by Crippen LogP contribution is 2.26. The van der Waals surface area contributed by atoms with Crippen LogP contribution in [0.2, 0.25) is 0 Å². The molecule has 0 heterocycles. The van der Waals surface area contributed by atoms with Crippen molar-refractivity contribution >= 4 is 27.5 Å². The third-order valence-electron chi connectivity index (χ3n) is 2.76. The van der Waals surface area contributed by atoms with Gasteiger partial charge in [-0.1, -0.05) is 22.0 Å². The predicted molar refractivity (Wildman–Crippen MR) is 76.6 cm³/mol. The molecule has 0 atom stereocenters. The van der Waals surface area contributed by atoms with Crippen molar-refractivity contribution in [2.45, 2.75) is 6.92 Å². The Hall–Kier alpha value is -2.01. The van der Waals surface area contributed by atoms with Gasteiger partial charge in [0.15, 0.2) is 0 Å². The molecule has 0 saturated carbocycles. The van der Waals surface area contributed by atoms with Crippen molar-refractivity contribution in [1.29, 1.82) is 0 Å². The fraction of sp³-hybridized carbons (Fsp3) is 0.0714. The van der Waals surface area contributed by atoms with E-state index in [1.807, 2.05) is 0 Å². The first kappa shape index (κ1) is 13.4. The van der Waals surface area contributed by atoms with Crippen LogP contribution in [0.1, 0.15) is 15.9 Å². The van der Waals surface area contributed by atoms with Crippen molar-refractivity contribution in [3.05, 3.63) is 52.0 Å². The van der Waals surface area contributed by atoms with Gasteiger partial charge < -0.3 is 15.5 Å². The van der Waals surface area contributed by atoms with Gasteiger partial charge >= 0.3 is 0 Å². The van der Waals surface area contributed by atoms with Gasteiger partial charge in [0.25, 0.3) is 5.91 Å². The van der Waals surface area contributed by atoms with Crippen LogP contribution in [0, 0.1) is 6.92 Å². The van der Waals surface area contributed by atoms with E-state index in [9.17, 15) is 15.0 Å². The van der Waals surface area contributed by atoms with E-state index in [2.05, 4.69) is 21.2 Å².